The standard InChI is InChI=1S/C21H28F3N3O2/c1-5-14(3)25-20(28)18-13-29-19(26-18)12-27(15(4)6-2)11-16-7-9-17(10-8-16)21(22,23)24/h7-10,13-15H,5-6,11-12H2,1-4H3,(H,25,28). The Morgan fingerprint density at radius 2 is 1.79 bits per heavy atom. The minimum absolute atomic E-state index is 0.0407. The molecule has 1 heterocycles. The van der Waals surface area contributed by atoms with Gasteiger partial charge in [0.2, 0.25) is 5.89 Å². The summed E-state index contributed by atoms with van der Waals surface area (Å²) in [6, 6.07) is 5.34. The van der Waals surface area contributed by atoms with Crippen LogP contribution in [0.2, 0.25) is 0 Å². The van der Waals surface area contributed by atoms with Gasteiger partial charge < -0.3 is 9.73 Å². The first-order valence-electron chi connectivity index (χ1n) is 9.79. The van der Waals surface area contributed by atoms with E-state index in [0.29, 0.717) is 19.0 Å². The van der Waals surface area contributed by atoms with Crippen molar-refractivity contribution in [2.75, 3.05) is 0 Å². The monoisotopic (exact) mass is 411 g/mol. The average molecular weight is 411 g/mol. The van der Waals surface area contributed by atoms with Gasteiger partial charge in [0.05, 0.1) is 12.1 Å². The molecule has 2 rings (SSSR count). The van der Waals surface area contributed by atoms with Crippen molar-refractivity contribution in [1.29, 1.82) is 0 Å². The lowest BCUT2D eigenvalue weighted by Crippen LogP contribution is -2.33. The fraction of sp³-hybridized carbons (Fsp3) is 0.524. The van der Waals surface area contributed by atoms with Crippen LogP contribution in [0, 0.1) is 0 Å². The van der Waals surface area contributed by atoms with Crippen molar-refractivity contribution in [3.63, 3.8) is 0 Å². The lowest BCUT2D eigenvalue weighted by molar-refractivity contribution is -0.137. The molecule has 1 aromatic carbocycles. The van der Waals surface area contributed by atoms with Crippen molar-refractivity contribution in [3.05, 3.63) is 53.2 Å². The molecule has 0 spiro atoms. The lowest BCUT2D eigenvalue weighted by atomic mass is 10.1. The third-order valence-electron chi connectivity index (χ3n) is 4.99. The molecule has 0 bridgehead atoms. The molecule has 1 amide bonds. The van der Waals surface area contributed by atoms with Crippen molar-refractivity contribution in [3.8, 4) is 0 Å². The highest BCUT2D eigenvalue weighted by molar-refractivity contribution is 5.92. The maximum Gasteiger partial charge on any atom is 0.416 e. The van der Waals surface area contributed by atoms with Crippen LogP contribution in [0.5, 0.6) is 0 Å². The van der Waals surface area contributed by atoms with Crippen LogP contribution in [0.3, 0.4) is 0 Å². The Hall–Kier alpha value is -2.35. The van der Waals surface area contributed by atoms with Crippen LogP contribution in [-0.4, -0.2) is 27.9 Å². The van der Waals surface area contributed by atoms with Crippen LogP contribution in [-0.2, 0) is 19.3 Å². The zero-order chi connectivity index (χ0) is 21.6. The number of oxazole rings is 1. The summed E-state index contributed by atoms with van der Waals surface area (Å²) in [4.78, 5) is 18.5. The van der Waals surface area contributed by atoms with E-state index in [9.17, 15) is 18.0 Å². The van der Waals surface area contributed by atoms with Crippen LogP contribution >= 0.6 is 0 Å². The third-order valence-corrected chi connectivity index (χ3v) is 4.99. The Labute approximate surface area is 169 Å². The molecule has 160 valence electrons. The molecule has 29 heavy (non-hydrogen) atoms. The molecule has 0 aliphatic heterocycles. The Bertz CT molecular complexity index is 787. The van der Waals surface area contributed by atoms with Gasteiger partial charge in [0.15, 0.2) is 5.69 Å². The first-order chi connectivity index (χ1) is 13.6. The fourth-order valence-corrected chi connectivity index (χ4v) is 2.72. The molecule has 1 N–H and O–H groups in total. The molecular weight excluding hydrogens is 383 g/mol. The van der Waals surface area contributed by atoms with Gasteiger partial charge in [-0.25, -0.2) is 4.98 Å². The number of nitrogens with zero attached hydrogens (tertiary/aromatic N) is 2. The first kappa shape index (κ1) is 22.9. The molecule has 0 radical (unpaired) electrons. The Morgan fingerprint density at radius 1 is 1.14 bits per heavy atom. The quantitative estimate of drug-likeness (QED) is 0.629. The molecule has 2 aromatic rings. The van der Waals surface area contributed by atoms with Crippen molar-refractivity contribution >= 4 is 5.91 Å². The summed E-state index contributed by atoms with van der Waals surface area (Å²) in [6.45, 7) is 8.75. The van der Waals surface area contributed by atoms with Crippen LogP contribution < -0.4 is 5.32 Å². The van der Waals surface area contributed by atoms with Crippen LogP contribution in [0.25, 0.3) is 0 Å². The summed E-state index contributed by atoms with van der Waals surface area (Å²) in [6.07, 6.45) is -1.35. The van der Waals surface area contributed by atoms with Crippen molar-refractivity contribution in [2.24, 2.45) is 0 Å². The van der Waals surface area contributed by atoms with Crippen molar-refractivity contribution in [1.82, 2.24) is 15.2 Å². The molecule has 2 atom stereocenters. The number of nitrogens with one attached hydrogen (secondary N) is 1. The lowest BCUT2D eigenvalue weighted by Gasteiger charge is -2.27. The molecule has 2 unspecified atom stereocenters. The highest BCUT2D eigenvalue weighted by atomic mass is 19.4. The summed E-state index contributed by atoms with van der Waals surface area (Å²) >= 11 is 0. The van der Waals surface area contributed by atoms with Gasteiger partial charge in [-0.15, -0.1) is 0 Å². The Balaban J connectivity index is 2.09. The minimum atomic E-state index is -4.35. The molecule has 0 saturated heterocycles. The second kappa shape index (κ2) is 9.91. The molecule has 8 heteroatoms. The summed E-state index contributed by atoms with van der Waals surface area (Å²) < 4.78 is 43.7. The zero-order valence-electron chi connectivity index (χ0n) is 17.2. The summed E-state index contributed by atoms with van der Waals surface area (Å²) in [5, 5.41) is 2.84. The number of carbonyl (C=O) groups is 1. The Kier molecular flexibility index (Phi) is 7.84. The van der Waals surface area contributed by atoms with Gasteiger partial charge in [-0.2, -0.15) is 13.2 Å². The van der Waals surface area contributed by atoms with Gasteiger partial charge in [-0.05, 0) is 44.4 Å². The van der Waals surface area contributed by atoms with E-state index in [1.54, 1.807) is 0 Å². The highest BCUT2D eigenvalue weighted by Crippen LogP contribution is 2.29. The molecule has 0 fully saturated rings. The zero-order valence-corrected chi connectivity index (χ0v) is 17.2. The first-order valence-corrected chi connectivity index (χ1v) is 9.79. The molecule has 5 nitrogen and oxygen atoms in total. The number of hydrogen-bond acceptors (Lipinski definition) is 4. The fourth-order valence-electron chi connectivity index (χ4n) is 2.72. The topological polar surface area (TPSA) is 58.4 Å². The Morgan fingerprint density at radius 3 is 2.34 bits per heavy atom. The molecule has 1 aromatic heterocycles. The van der Waals surface area contributed by atoms with Crippen LogP contribution in [0.4, 0.5) is 13.2 Å². The molecule has 0 saturated carbocycles. The maximum absolute atomic E-state index is 12.8. The summed E-state index contributed by atoms with van der Waals surface area (Å²) in [7, 11) is 0. The van der Waals surface area contributed by atoms with E-state index < -0.39 is 11.7 Å². The molecular formula is C21H28F3N3O2. The number of alkyl halides is 3. The normalized spacial score (nSPS) is 14.1. The minimum Gasteiger partial charge on any atom is -0.447 e. The average Bonchev–Trinajstić information content (AvgIpc) is 3.15. The van der Waals surface area contributed by atoms with E-state index in [1.807, 2.05) is 27.7 Å². The highest BCUT2D eigenvalue weighted by Gasteiger charge is 2.30. The largest absolute Gasteiger partial charge is 0.447 e. The number of benzene rings is 1. The third kappa shape index (κ3) is 6.59. The van der Waals surface area contributed by atoms with E-state index >= 15 is 0 Å². The maximum atomic E-state index is 12.8. The van der Waals surface area contributed by atoms with Gasteiger partial charge in [0.25, 0.3) is 5.91 Å². The van der Waals surface area contributed by atoms with Gasteiger partial charge in [-0.1, -0.05) is 26.0 Å². The van der Waals surface area contributed by atoms with Gasteiger partial charge >= 0.3 is 6.18 Å². The number of aromatic nitrogens is 1. The van der Waals surface area contributed by atoms with E-state index in [2.05, 4.69) is 15.2 Å². The molecule has 0 aliphatic rings. The second-order valence-electron chi connectivity index (χ2n) is 7.27. The van der Waals surface area contributed by atoms with Crippen LogP contribution in [0.15, 0.2) is 34.9 Å². The second-order valence-corrected chi connectivity index (χ2v) is 7.27. The van der Waals surface area contributed by atoms with Gasteiger partial charge in [0, 0.05) is 18.6 Å². The number of hydrogen-bond donors (Lipinski definition) is 1. The van der Waals surface area contributed by atoms with Crippen molar-refractivity contribution < 1.29 is 22.4 Å². The smallest absolute Gasteiger partial charge is 0.416 e. The number of rotatable bonds is 9. The van der Waals surface area contributed by atoms with E-state index in [0.717, 1.165) is 30.5 Å². The number of amides is 1. The number of halogens is 3. The van der Waals surface area contributed by atoms with Gasteiger partial charge in [0.1, 0.15) is 6.26 Å². The SMILES string of the molecule is CCC(C)NC(=O)c1coc(CN(Cc2ccc(C(F)(F)F)cc2)C(C)CC)n1. The van der Waals surface area contributed by atoms with E-state index in [4.69, 9.17) is 4.42 Å². The molecule has 0 aliphatic carbocycles. The van der Waals surface area contributed by atoms with E-state index in [-0.39, 0.29) is 23.7 Å². The van der Waals surface area contributed by atoms with Crippen molar-refractivity contribution in [2.45, 2.75) is 71.9 Å². The number of carbonyl (C=O) groups excluding carboxylic acids is 1. The van der Waals surface area contributed by atoms with Crippen LogP contribution in [0.1, 0.15) is 68.0 Å². The van der Waals surface area contributed by atoms with Gasteiger partial charge in [-0.3, -0.25) is 9.69 Å². The van der Waals surface area contributed by atoms with E-state index in [1.165, 1.54) is 18.4 Å². The predicted molar refractivity (Wildman–Crippen MR) is 104 cm³/mol. The summed E-state index contributed by atoms with van der Waals surface area (Å²) in [5.74, 6) is 0.110. The predicted octanol–water partition coefficient (Wildman–Crippen LogP) is 5.02. The summed E-state index contributed by atoms with van der Waals surface area (Å²) in [5.41, 5.74) is 0.319.